The molecule has 4 rings (SSSR count). The molecule has 0 unspecified atom stereocenters. The van der Waals surface area contributed by atoms with Crippen LogP contribution in [0, 0.1) is 16.7 Å². The lowest BCUT2D eigenvalue weighted by Crippen LogP contribution is -2.22. The molecule has 214 valence electrons. The number of urea groups is 1. The summed E-state index contributed by atoms with van der Waals surface area (Å²) in [5.74, 6) is -0.183. The number of nitriles is 1. The number of amides is 2. The van der Waals surface area contributed by atoms with E-state index in [0.717, 1.165) is 15.8 Å². The lowest BCUT2D eigenvalue weighted by atomic mass is 9.85. The number of halogens is 6. The summed E-state index contributed by atoms with van der Waals surface area (Å²) in [7, 11) is 0. The molecular formula is C29H25F6N5O. The summed E-state index contributed by atoms with van der Waals surface area (Å²) in [5.41, 5.74) is -0.619. The second-order valence-electron chi connectivity index (χ2n) is 10.6. The number of nitrogens with zero attached hydrogens (tertiary/aromatic N) is 3. The lowest BCUT2D eigenvalue weighted by Gasteiger charge is -2.20. The number of carbonyl (C=O) groups is 1. The van der Waals surface area contributed by atoms with E-state index in [1.807, 2.05) is 39.8 Å². The largest absolute Gasteiger partial charge is 0.416 e. The molecule has 41 heavy (non-hydrogen) atoms. The van der Waals surface area contributed by atoms with E-state index in [0.29, 0.717) is 24.1 Å². The Labute approximate surface area is 232 Å². The van der Waals surface area contributed by atoms with Gasteiger partial charge in [-0.2, -0.15) is 36.7 Å². The third-order valence-corrected chi connectivity index (χ3v) is 6.54. The van der Waals surface area contributed by atoms with Crippen LogP contribution in [0.5, 0.6) is 0 Å². The van der Waals surface area contributed by atoms with Gasteiger partial charge in [0, 0.05) is 11.6 Å². The fourth-order valence-corrected chi connectivity index (χ4v) is 4.32. The van der Waals surface area contributed by atoms with Crippen molar-refractivity contribution in [3.63, 3.8) is 0 Å². The van der Waals surface area contributed by atoms with Crippen LogP contribution in [0.25, 0.3) is 11.3 Å². The van der Waals surface area contributed by atoms with E-state index in [1.54, 1.807) is 12.1 Å². The average Bonchev–Trinajstić information content (AvgIpc) is 3.46. The number of hydrogen-bond acceptors (Lipinski definition) is 3. The van der Waals surface area contributed by atoms with Crippen LogP contribution >= 0.6 is 0 Å². The van der Waals surface area contributed by atoms with Crippen molar-refractivity contribution in [1.29, 1.82) is 5.26 Å². The van der Waals surface area contributed by atoms with Gasteiger partial charge in [-0.25, -0.2) is 9.48 Å². The van der Waals surface area contributed by atoms with E-state index in [2.05, 4.69) is 15.7 Å². The van der Waals surface area contributed by atoms with Gasteiger partial charge in [-0.15, -0.1) is 0 Å². The quantitative estimate of drug-likeness (QED) is 0.307. The predicted octanol–water partition coefficient (Wildman–Crippen LogP) is 8.58. The molecule has 0 fully saturated rings. The SMILES string of the molecule is CC1=C(c2cc(NC(=O)Nc3ccccc3C#N)n(-c3cc(C(F)(F)F)cc(C(F)(F)F)c3)n2)C=C(C(C)(C)C)C1. The van der Waals surface area contributed by atoms with E-state index >= 15 is 0 Å². The van der Waals surface area contributed by atoms with Crippen LogP contribution in [0.15, 0.2) is 65.8 Å². The molecule has 1 aromatic heterocycles. The van der Waals surface area contributed by atoms with Crippen LogP contribution < -0.4 is 10.6 Å². The average molecular weight is 574 g/mol. The molecule has 0 radical (unpaired) electrons. The fourth-order valence-electron chi connectivity index (χ4n) is 4.32. The number of nitrogens with one attached hydrogen (secondary N) is 2. The van der Waals surface area contributed by atoms with Crippen molar-refractivity contribution in [3.05, 3.63) is 88.1 Å². The smallest absolute Gasteiger partial charge is 0.306 e. The van der Waals surface area contributed by atoms with E-state index in [-0.39, 0.29) is 34.2 Å². The highest BCUT2D eigenvalue weighted by Crippen LogP contribution is 2.42. The molecule has 0 saturated carbocycles. The van der Waals surface area contributed by atoms with Gasteiger partial charge < -0.3 is 5.32 Å². The van der Waals surface area contributed by atoms with Gasteiger partial charge in [-0.3, -0.25) is 5.32 Å². The summed E-state index contributed by atoms with van der Waals surface area (Å²) in [4.78, 5) is 12.9. The first kappa shape index (κ1) is 29.5. The van der Waals surface area contributed by atoms with Gasteiger partial charge in [0.1, 0.15) is 11.9 Å². The molecule has 2 aromatic carbocycles. The minimum absolute atomic E-state index is 0.0224. The number of benzene rings is 2. The zero-order valence-corrected chi connectivity index (χ0v) is 22.4. The summed E-state index contributed by atoms with van der Waals surface area (Å²) in [5, 5.41) is 18.6. The van der Waals surface area contributed by atoms with Crippen LogP contribution in [-0.4, -0.2) is 15.8 Å². The van der Waals surface area contributed by atoms with Crippen molar-refractivity contribution in [3.8, 4) is 11.8 Å². The van der Waals surface area contributed by atoms with Gasteiger partial charge in [0.25, 0.3) is 0 Å². The molecular weight excluding hydrogens is 548 g/mol. The summed E-state index contributed by atoms with van der Waals surface area (Å²) < 4.78 is 82.5. The summed E-state index contributed by atoms with van der Waals surface area (Å²) in [6.45, 7) is 7.91. The Morgan fingerprint density at radius 2 is 1.56 bits per heavy atom. The van der Waals surface area contributed by atoms with Crippen molar-refractivity contribution in [1.82, 2.24) is 9.78 Å². The maximum atomic E-state index is 13.6. The zero-order chi connectivity index (χ0) is 30.3. The van der Waals surface area contributed by atoms with Crippen molar-refractivity contribution < 1.29 is 31.1 Å². The minimum Gasteiger partial charge on any atom is -0.306 e. The molecule has 12 heteroatoms. The molecule has 6 nitrogen and oxygen atoms in total. The number of alkyl halides is 6. The topological polar surface area (TPSA) is 82.7 Å². The second-order valence-corrected chi connectivity index (χ2v) is 10.6. The van der Waals surface area contributed by atoms with Gasteiger partial charge in [-0.05, 0) is 49.1 Å². The van der Waals surface area contributed by atoms with Crippen molar-refractivity contribution in [2.45, 2.75) is 46.5 Å². The van der Waals surface area contributed by atoms with E-state index in [9.17, 15) is 36.4 Å². The Morgan fingerprint density at radius 1 is 0.951 bits per heavy atom. The maximum Gasteiger partial charge on any atom is 0.416 e. The summed E-state index contributed by atoms with van der Waals surface area (Å²) in [6, 6.07) is 9.61. The molecule has 0 spiro atoms. The molecule has 1 heterocycles. The standard InChI is InChI=1S/C29H25F6N5O/c1-16-9-18(27(2,3)4)13-22(16)24-14-25(38-26(41)37-23-8-6-5-7-17(23)15-36)40(39-24)21-11-19(28(30,31)32)10-20(12-21)29(33,34)35/h5-8,10-14H,9H2,1-4H3,(H2,37,38,41). The third kappa shape index (κ3) is 6.45. The van der Waals surface area contributed by atoms with Gasteiger partial charge in [0.15, 0.2) is 0 Å². The third-order valence-electron chi connectivity index (χ3n) is 6.54. The number of anilines is 2. The van der Waals surface area contributed by atoms with Gasteiger partial charge >= 0.3 is 18.4 Å². The number of rotatable bonds is 4. The van der Waals surface area contributed by atoms with Crippen LogP contribution in [0.4, 0.5) is 42.6 Å². The molecule has 0 atom stereocenters. The van der Waals surface area contributed by atoms with E-state index in [4.69, 9.17) is 0 Å². The van der Waals surface area contributed by atoms with Crippen LogP contribution in [-0.2, 0) is 12.4 Å². The van der Waals surface area contributed by atoms with Crippen molar-refractivity contribution >= 4 is 23.1 Å². The maximum absolute atomic E-state index is 13.6. The van der Waals surface area contributed by atoms with Gasteiger partial charge in [0.05, 0.1) is 33.8 Å². The molecule has 0 saturated heterocycles. The molecule has 2 N–H and O–H groups in total. The number of carbonyl (C=O) groups excluding carboxylic acids is 1. The summed E-state index contributed by atoms with van der Waals surface area (Å²) >= 11 is 0. The summed E-state index contributed by atoms with van der Waals surface area (Å²) in [6.07, 6.45) is -7.65. The molecule has 0 aliphatic heterocycles. The van der Waals surface area contributed by atoms with E-state index < -0.39 is 35.2 Å². The fraction of sp³-hybridized carbons (Fsp3) is 0.276. The molecule has 2 amide bonds. The number of para-hydroxylation sites is 1. The number of hydrogen-bond donors (Lipinski definition) is 2. The Bertz CT molecular complexity index is 1580. The minimum atomic E-state index is -5.08. The Kier molecular flexibility index (Phi) is 7.52. The first-order chi connectivity index (χ1) is 19.0. The molecule has 1 aliphatic rings. The monoisotopic (exact) mass is 573 g/mol. The lowest BCUT2D eigenvalue weighted by molar-refractivity contribution is -0.143. The Balaban J connectivity index is 1.85. The molecule has 1 aliphatic carbocycles. The zero-order valence-electron chi connectivity index (χ0n) is 22.4. The van der Waals surface area contributed by atoms with Crippen molar-refractivity contribution in [2.24, 2.45) is 5.41 Å². The van der Waals surface area contributed by atoms with Crippen molar-refractivity contribution in [2.75, 3.05) is 10.6 Å². The van der Waals surface area contributed by atoms with Gasteiger partial charge in [-0.1, -0.05) is 50.1 Å². The van der Waals surface area contributed by atoms with Crippen LogP contribution in [0.3, 0.4) is 0 Å². The highest BCUT2D eigenvalue weighted by atomic mass is 19.4. The predicted molar refractivity (Wildman–Crippen MR) is 142 cm³/mol. The normalized spacial score (nSPS) is 14.1. The first-order valence-electron chi connectivity index (χ1n) is 12.4. The van der Waals surface area contributed by atoms with E-state index in [1.165, 1.54) is 18.2 Å². The van der Waals surface area contributed by atoms with Crippen LogP contribution in [0.1, 0.15) is 56.5 Å². The number of aromatic nitrogens is 2. The first-order valence-corrected chi connectivity index (χ1v) is 12.4. The van der Waals surface area contributed by atoms with Crippen LogP contribution in [0.2, 0.25) is 0 Å². The highest BCUT2D eigenvalue weighted by Gasteiger charge is 2.37. The molecule has 3 aromatic rings. The number of allylic oxidation sites excluding steroid dienone is 4. The second kappa shape index (κ2) is 10.5. The van der Waals surface area contributed by atoms with Gasteiger partial charge in [0.2, 0.25) is 0 Å². The molecule has 0 bridgehead atoms. The Hall–Kier alpha value is -4.53. The Morgan fingerprint density at radius 3 is 2.10 bits per heavy atom. The highest BCUT2D eigenvalue weighted by molar-refractivity contribution is 6.00.